The SMILES string of the molecule is CCOc1ccc(-c2cnc(CCC(=O)NCCc3ccccc3)o2)cc1. The number of carbonyl (C=O) groups is 1. The first-order valence-electron chi connectivity index (χ1n) is 9.23. The van der Waals surface area contributed by atoms with Gasteiger partial charge in [0.2, 0.25) is 5.91 Å². The molecule has 0 atom stereocenters. The van der Waals surface area contributed by atoms with Crippen molar-refractivity contribution >= 4 is 5.91 Å². The molecular formula is C22H24N2O3. The summed E-state index contributed by atoms with van der Waals surface area (Å²) in [7, 11) is 0. The van der Waals surface area contributed by atoms with Crippen LogP contribution in [0.15, 0.2) is 65.2 Å². The standard InChI is InChI=1S/C22H24N2O3/c1-2-26-19-10-8-18(9-11-19)20-16-24-22(27-20)13-12-21(25)23-15-14-17-6-4-3-5-7-17/h3-11,16H,2,12-15H2,1H3,(H,23,25). The van der Waals surface area contributed by atoms with Crippen LogP contribution in [0, 0.1) is 0 Å². The Labute approximate surface area is 159 Å². The van der Waals surface area contributed by atoms with Gasteiger partial charge in [0.25, 0.3) is 0 Å². The van der Waals surface area contributed by atoms with Crippen molar-refractivity contribution in [2.24, 2.45) is 0 Å². The van der Waals surface area contributed by atoms with Crippen molar-refractivity contribution in [2.45, 2.75) is 26.2 Å². The number of benzene rings is 2. The summed E-state index contributed by atoms with van der Waals surface area (Å²) in [6.07, 6.45) is 3.36. The summed E-state index contributed by atoms with van der Waals surface area (Å²) in [5.41, 5.74) is 2.15. The third kappa shape index (κ3) is 5.71. The summed E-state index contributed by atoms with van der Waals surface area (Å²) in [5.74, 6) is 2.09. The van der Waals surface area contributed by atoms with Crippen molar-refractivity contribution in [3.63, 3.8) is 0 Å². The van der Waals surface area contributed by atoms with E-state index in [0.717, 1.165) is 17.7 Å². The highest BCUT2D eigenvalue weighted by Gasteiger charge is 2.09. The number of hydrogen-bond acceptors (Lipinski definition) is 4. The number of nitrogens with one attached hydrogen (secondary N) is 1. The predicted molar refractivity (Wildman–Crippen MR) is 105 cm³/mol. The molecule has 0 fully saturated rings. The van der Waals surface area contributed by atoms with Crippen molar-refractivity contribution < 1.29 is 13.9 Å². The van der Waals surface area contributed by atoms with Gasteiger partial charge in [-0.05, 0) is 43.2 Å². The second-order valence-corrected chi connectivity index (χ2v) is 6.16. The highest BCUT2D eigenvalue weighted by Crippen LogP contribution is 2.23. The molecule has 0 aliphatic heterocycles. The molecule has 0 aliphatic rings. The highest BCUT2D eigenvalue weighted by molar-refractivity contribution is 5.76. The van der Waals surface area contributed by atoms with E-state index in [1.807, 2.05) is 49.4 Å². The number of aryl methyl sites for hydroxylation is 1. The summed E-state index contributed by atoms with van der Waals surface area (Å²) in [6.45, 7) is 3.22. The van der Waals surface area contributed by atoms with Gasteiger partial charge in [-0.2, -0.15) is 0 Å². The molecule has 0 unspecified atom stereocenters. The molecule has 2 aromatic carbocycles. The number of hydrogen-bond donors (Lipinski definition) is 1. The Morgan fingerprint density at radius 2 is 1.85 bits per heavy atom. The molecule has 1 N–H and O–H groups in total. The van der Waals surface area contributed by atoms with Gasteiger partial charge in [-0.1, -0.05) is 30.3 Å². The van der Waals surface area contributed by atoms with Crippen molar-refractivity contribution in [2.75, 3.05) is 13.2 Å². The minimum absolute atomic E-state index is 0.00625. The van der Waals surface area contributed by atoms with E-state index in [9.17, 15) is 4.79 Å². The molecule has 0 radical (unpaired) electrons. The molecule has 1 aromatic heterocycles. The van der Waals surface area contributed by atoms with Crippen molar-refractivity contribution in [3.8, 4) is 17.1 Å². The smallest absolute Gasteiger partial charge is 0.220 e. The monoisotopic (exact) mass is 364 g/mol. The zero-order valence-corrected chi connectivity index (χ0v) is 15.5. The van der Waals surface area contributed by atoms with Gasteiger partial charge in [-0.25, -0.2) is 4.98 Å². The average Bonchev–Trinajstić information content (AvgIpc) is 3.17. The lowest BCUT2D eigenvalue weighted by Crippen LogP contribution is -2.25. The fourth-order valence-electron chi connectivity index (χ4n) is 2.74. The summed E-state index contributed by atoms with van der Waals surface area (Å²) < 4.78 is 11.2. The van der Waals surface area contributed by atoms with Gasteiger partial charge in [0, 0.05) is 24.9 Å². The Balaban J connectivity index is 1.44. The quantitative estimate of drug-likeness (QED) is 0.622. The van der Waals surface area contributed by atoms with E-state index < -0.39 is 0 Å². The van der Waals surface area contributed by atoms with Crippen molar-refractivity contribution in [3.05, 3.63) is 72.2 Å². The third-order valence-corrected chi connectivity index (χ3v) is 4.15. The van der Waals surface area contributed by atoms with Gasteiger partial charge in [-0.15, -0.1) is 0 Å². The van der Waals surface area contributed by atoms with Crippen LogP contribution in [0.5, 0.6) is 5.75 Å². The molecular weight excluding hydrogens is 340 g/mol. The number of ether oxygens (including phenoxy) is 1. The molecule has 5 nitrogen and oxygen atoms in total. The molecule has 0 bridgehead atoms. The molecule has 3 aromatic rings. The molecule has 1 amide bonds. The Hall–Kier alpha value is -3.08. The summed E-state index contributed by atoms with van der Waals surface area (Å²) >= 11 is 0. The molecule has 5 heteroatoms. The van der Waals surface area contributed by atoms with E-state index in [4.69, 9.17) is 9.15 Å². The van der Waals surface area contributed by atoms with Gasteiger partial charge < -0.3 is 14.5 Å². The number of aromatic nitrogens is 1. The molecule has 3 rings (SSSR count). The van der Waals surface area contributed by atoms with E-state index in [2.05, 4.69) is 22.4 Å². The number of amides is 1. The van der Waals surface area contributed by atoms with E-state index in [-0.39, 0.29) is 5.91 Å². The molecule has 140 valence electrons. The minimum Gasteiger partial charge on any atom is -0.494 e. The topological polar surface area (TPSA) is 64.4 Å². The van der Waals surface area contributed by atoms with E-state index in [1.165, 1.54) is 5.56 Å². The van der Waals surface area contributed by atoms with Crippen molar-refractivity contribution in [1.82, 2.24) is 10.3 Å². The number of carbonyl (C=O) groups excluding carboxylic acids is 1. The Kier molecular flexibility index (Phi) is 6.63. The second-order valence-electron chi connectivity index (χ2n) is 6.16. The summed E-state index contributed by atoms with van der Waals surface area (Å²) in [6, 6.07) is 17.8. The number of rotatable bonds is 9. The van der Waals surface area contributed by atoms with E-state index >= 15 is 0 Å². The second kappa shape index (κ2) is 9.57. The van der Waals surface area contributed by atoms with Crippen LogP contribution in [-0.2, 0) is 17.6 Å². The van der Waals surface area contributed by atoms with Gasteiger partial charge in [0.15, 0.2) is 11.7 Å². The normalized spacial score (nSPS) is 10.6. The van der Waals surface area contributed by atoms with Crippen LogP contribution in [0.2, 0.25) is 0 Å². The molecule has 0 saturated carbocycles. The van der Waals surface area contributed by atoms with Gasteiger partial charge in [-0.3, -0.25) is 4.79 Å². The lowest BCUT2D eigenvalue weighted by atomic mass is 10.1. The van der Waals surface area contributed by atoms with Crippen LogP contribution in [0.4, 0.5) is 0 Å². The maximum absolute atomic E-state index is 12.0. The maximum Gasteiger partial charge on any atom is 0.220 e. The average molecular weight is 364 g/mol. The third-order valence-electron chi connectivity index (χ3n) is 4.15. The molecule has 0 saturated heterocycles. The number of nitrogens with zero attached hydrogens (tertiary/aromatic N) is 1. The Morgan fingerprint density at radius 1 is 1.07 bits per heavy atom. The lowest BCUT2D eigenvalue weighted by Gasteiger charge is -2.04. The van der Waals surface area contributed by atoms with Crippen LogP contribution in [0.1, 0.15) is 24.8 Å². The fraction of sp³-hybridized carbons (Fsp3) is 0.273. The first-order valence-corrected chi connectivity index (χ1v) is 9.23. The Morgan fingerprint density at radius 3 is 2.59 bits per heavy atom. The number of oxazole rings is 1. The Bertz CT molecular complexity index is 842. The van der Waals surface area contributed by atoms with Crippen LogP contribution < -0.4 is 10.1 Å². The molecule has 0 aliphatic carbocycles. The zero-order chi connectivity index (χ0) is 18.9. The minimum atomic E-state index is 0.00625. The molecule has 27 heavy (non-hydrogen) atoms. The van der Waals surface area contributed by atoms with Crippen LogP contribution in [0.25, 0.3) is 11.3 Å². The van der Waals surface area contributed by atoms with Gasteiger partial charge >= 0.3 is 0 Å². The highest BCUT2D eigenvalue weighted by atomic mass is 16.5. The van der Waals surface area contributed by atoms with E-state index in [0.29, 0.717) is 37.6 Å². The van der Waals surface area contributed by atoms with E-state index in [1.54, 1.807) is 6.20 Å². The maximum atomic E-state index is 12.0. The fourth-order valence-corrected chi connectivity index (χ4v) is 2.74. The van der Waals surface area contributed by atoms with Gasteiger partial charge in [0.05, 0.1) is 12.8 Å². The zero-order valence-electron chi connectivity index (χ0n) is 15.5. The largest absolute Gasteiger partial charge is 0.494 e. The molecule has 0 spiro atoms. The first kappa shape index (κ1) is 18.7. The molecule has 1 heterocycles. The summed E-state index contributed by atoms with van der Waals surface area (Å²) in [4.78, 5) is 16.3. The summed E-state index contributed by atoms with van der Waals surface area (Å²) in [5, 5.41) is 2.94. The van der Waals surface area contributed by atoms with Gasteiger partial charge in [0.1, 0.15) is 5.75 Å². The van der Waals surface area contributed by atoms with Crippen molar-refractivity contribution in [1.29, 1.82) is 0 Å². The predicted octanol–water partition coefficient (Wildman–Crippen LogP) is 4.03. The van der Waals surface area contributed by atoms with Crippen LogP contribution in [-0.4, -0.2) is 24.0 Å². The van der Waals surface area contributed by atoms with Crippen LogP contribution in [0.3, 0.4) is 0 Å². The van der Waals surface area contributed by atoms with Crippen LogP contribution >= 0.6 is 0 Å². The lowest BCUT2D eigenvalue weighted by molar-refractivity contribution is -0.121. The first-order chi connectivity index (χ1) is 13.2.